The van der Waals surface area contributed by atoms with Crippen LogP contribution in [0.15, 0.2) is 24.3 Å². The van der Waals surface area contributed by atoms with E-state index in [1.807, 2.05) is 27.7 Å². The predicted molar refractivity (Wildman–Crippen MR) is 72.7 cm³/mol. The van der Waals surface area contributed by atoms with Crippen LogP contribution in [0, 0.1) is 0 Å². The van der Waals surface area contributed by atoms with Gasteiger partial charge in [0.15, 0.2) is 0 Å². The number of hydrogen-bond acceptors (Lipinski definition) is 3. The number of amides is 1. The summed E-state index contributed by atoms with van der Waals surface area (Å²) in [7, 11) is -1.50. The SMILES string of the molecule is CC(C)N(C(=O)c1ccc(B(O)O)cc1)C(C)C. The first-order valence-electron chi connectivity index (χ1n) is 6.13. The standard InChI is InChI=1S/C13H20BNO3/c1-9(2)15(10(3)4)13(16)11-5-7-12(8-6-11)14(17)18/h5-10,17-18H,1-4H3. The quantitative estimate of drug-likeness (QED) is 0.769. The average Bonchev–Trinajstić information content (AvgIpc) is 2.28. The van der Waals surface area contributed by atoms with E-state index in [0.717, 1.165) is 0 Å². The molecule has 0 saturated carbocycles. The van der Waals surface area contributed by atoms with Gasteiger partial charge in [0.1, 0.15) is 0 Å². The molecule has 0 saturated heterocycles. The van der Waals surface area contributed by atoms with Crippen molar-refractivity contribution in [1.82, 2.24) is 4.90 Å². The smallest absolute Gasteiger partial charge is 0.423 e. The molecule has 0 atom stereocenters. The number of carbonyl (C=O) groups excluding carboxylic acids is 1. The van der Waals surface area contributed by atoms with E-state index in [-0.39, 0.29) is 18.0 Å². The van der Waals surface area contributed by atoms with Crippen LogP contribution >= 0.6 is 0 Å². The van der Waals surface area contributed by atoms with Gasteiger partial charge in [-0.2, -0.15) is 0 Å². The minimum atomic E-state index is -1.50. The minimum absolute atomic E-state index is 0.0426. The topological polar surface area (TPSA) is 60.8 Å². The Kier molecular flexibility index (Phi) is 4.93. The maximum absolute atomic E-state index is 12.3. The summed E-state index contributed by atoms with van der Waals surface area (Å²) in [6.45, 7) is 7.90. The van der Waals surface area contributed by atoms with Gasteiger partial charge in [0.25, 0.3) is 5.91 Å². The Morgan fingerprint density at radius 1 is 1.06 bits per heavy atom. The molecule has 18 heavy (non-hydrogen) atoms. The van der Waals surface area contributed by atoms with Gasteiger partial charge in [0.2, 0.25) is 0 Å². The van der Waals surface area contributed by atoms with Crippen molar-refractivity contribution in [3.8, 4) is 0 Å². The van der Waals surface area contributed by atoms with Crippen LogP contribution in [-0.2, 0) is 0 Å². The molecule has 0 spiro atoms. The molecule has 0 aliphatic carbocycles. The number of rotatable bonds is 4. The summed E-state index contributed by atoms with van der Waals surface area (Å²) in [4.78, 5) is 14.1. The van der Waals surface area contributed by atoms with E-state index in [1.54, 1.807) is 29.2 Å². The first kappa shape index (κ1) is 14.7. The normalized spacial score (nSPS) is 10.9. The lowest BCUT2D eigenvalue weighted by atomic mass is 9.80. The first-order valence-corrected chi connectivity index (χ1v) is 6.13. The van der Waals surface area contributed by atoms with Crippen LogP contribution in [0.1, 0.15) is 38.1 Å². The van der Waals surface area contributed by atoms with Gasteiger partial charge in [-0.25, -0.2) is 0 Å². The predicted octanol–water partition coefficient (Wildman–Crippen LogP) is 0.625. The van der Waals surface area contributed by atoms with Crippen molar-refractivity contribution in [1.29, 1.82) is 0 Å². The molecule has 0 bridgehead atoms. The van der Waals surface area contributed by atoms with Gasteiger partial charge >= 0.3 is 7.12 Å². The summed E-state index contributed by atoms with van der Waals surface area (Å²) in [5, 5.41) is 18.0. The highest BCUT2D eigenvalue weighted by atomic mass is 16.4. The molecule has 1 aromatic rings. The number of carbonyl (C=O) groups is 1. The van der Waals surface area contributed by atoms with Gasteiger partial charge in [0, 0.05) is 17.6 Å². The Morgan fingerprint density at radius 3 is 1.83 bits per heavy atom. The van der Waals surface area contributed by atoms with E-state index in [2.05, 4.69) is 0 Å². The van der Waals surface area contributed by atoms with Gasteiger partial charge < -0.3 is 14.9 Å². The largest absolute Gasteiger partial charge is 0.488 e. The van der Waals surface area contributed by atoms with Crippen molar-refractivity contribution in [3.05, 3.63) is 29.8 Å². The molecule has 0 heterocycles. The molecule has 5 heteroatoms. The second-order valence-electron chi connectivity index (χ2n) is 4.90. The third kappa shape index (κ3) is 3.34. The third-order valence-corrected chi connectivity index (χ3v) is 2.80. The zero-order valence-electron chi connectivity index (χ0n) is 11.3. The molecule has 0 aliphatic heterocycles. The van der Waals surface area contributed by atoms with Crippen molar-refractivity contribution in [2.45, 2.75) is 39.8 Å². The number of benzene rings is 1. The van der Waals surface area contributed by atoms with Crippen LogP contribution in [0.2, 0.25) is 0 Å². The van der Waals surface area contributed by atoms with E-state index in [0.29, 0.717) is 11.0 Å². The second kappa shape index (κ2) is 6.02. The second-order valence-corrected chi connectivity index (χ2v) is 4.90. The van der Waals surface area contributed by atoms with E-state index in [9.17, 15) is 4.79 Å². The molecule has 98 valence electrons. The molecular weight excluding hydrogens is 229 g/mol. The fourth-order valence-electron chi connectivity index (χ4n) is 2.01. The summed E-state index contributed by atoms with van der Waals surface area (Å²) in [6.07, 6.45) is 0. The van der Waals surface area contributed by atoms with Gasteiger partial charge in [-0.15, -0.1) is 0 Å². The molecule has 0 fully saturated rings. The van der Waals surface area contributed by atoms with Crippen LogP contribution in [0.5, 0.6) is 0 Å². The molecule has 0 aromatic heterocycles. The van der Waals surface area contributed by atoms with Gasteiger partial charge in [-0.1, -0.05) is 12.1 Å². The van der Waals surface area contributed by atoms with Crippen LogP contribution in [0.3, 0.4) is 0 Å². The Labute approximate surface area is 108 Å². The van der Waals surface area contributed by atoms with E-state index < -0.39 is 7.12 Å². The lowest BCUT2D eigenvalue weighted by molar-refractivity contribution is 0.0643. The molecule has 0 unspecified atom stereocenters. The highest BCUT2D eigenvalue weighted by molar-refractivity contribution is 6.58. The maximum Gasteiger partial charge on any atom is 0.488 e. The van der Waals surface area contributed by atoms with Crippen LogP contribution in [0.25, 0.3) is 0 Å². The van der Waals surface area contributed by atoms with Crippen molar-refractivity contribution in [2.75, 3.05) is 0 Å². The van der Waals surface area contributed by atoms with Gasteiger partial charge in [-0.05, 0) is 45.3 Å². The number of hydrogen-bond donors (Lipinski definition) is 2. The van der Waals surface area contributed by atoms with Gasteiger partial charge in [-0.3, -0.25) is 4.79 Å². The zero-order valence-corrected chi connectivity index (χ0v) is 11.3. The molecule has 4 nitrogen and oxygen atoms in total. The minimum Gasteiger partial charge on any atom is -0.423 e. The highest BCUT2D eigenvalue weighted by Crippen LogP contribution is 2.11. The molecule has 0 aliphatic rings. The van der Waals surface area contributed by atoms with Crippen LogP contribution in [-0.4, -0.2) is 40.1 Å². The highest BCUT2D eigenvalue weighted by Gasteiger charge is 2.21. The van der Waals surface area contributed by atoms with Gasteiger partial charge in [0.05, 0.1) is 0 Å². The summed E-state index contributed by atoms with van der Waals surface area (Å²) < 4.78 is 0. The van der Waals surface area contributed by atoms with E-state index >= 15 is 0 Å². The maximum atomic E-state index is 12.3. The molecular formula is C13H20BNO3. The Morgan fingerprint density at radius 2 is 1.50 bits per heavy atom. The first-order chi connectivity index (χ1) is 8.34. The summed E-state index contributed by atoms with van der Waals surface area (Å²) >= 11 is 0. The molecule has 0 radical (unpaired) electrons. The van der Waals surface area contributed by atoms with Crippen LogP contribution < -0.4 is 5.46 Å². The zero-order chi connectivity index (χ0) is 13.9. The summed E-state index contributed by atoms with van der Waals surface area (Å²) in [5.41, 5.74) is 0.939. The summed E-state index contributed by atoms with van der Waals surface area (Å²) in [6, 6.07) is 6.60. The molecule has 1 aromatic carbocycles. The Balaban J connectivity index is 2.95. The monoisotopic (exact) mass is 249 g/mol. The number of nitrogens with zero attached hydrogens (tertiary/aromatic N) is 1. The van der Waals surface area contributed by atoms with Crippen molar-refractivity contribution >= 4 is 18.5 Å². The Bertz CT molecular complexity index is 393. The molecule has 1 amide bonds. The van der Waals surface area contributed by atoms with E-state index in [4.69, 9.17) is 10.0 Å². The summed E-state index contributed by atoms with van der Waals surface area (Å²) in [5.74, 6) is -0.0426. The Hall–Kier alpha value is -1.33. The van der Waals surface area contributed by atoms with Crippen molar-refractivity contribution < 1.29 is 14.8 Å². The van der Waals surface area contributed by atoms with Crippen molar-refractivity contribution in [2.24, 2.45) is 0 Å². The fraction of sp³-hybridized carbons (Fsp3) is 0.462. The third-order valence-electron chi connectivity index (χ3n) is 2.80. The fourth-order valence-corrected chi connectivity index (χ4v) is 2.01. The lowest BCUT2D eigenvalue weighted by Gasteiger charge is -2.30. The van der Waals surface area contributed by atoms with Crippen LogP contribution in [0.4, 0.5) is 0 Å². The lowest BCUT2D eigenvalue weighted by Crippen LogP contribution is -2.42. The molecule has 1 rings (SSSR count). The molecule has 2 N–H and O–H groups in total. The van der Waals surface area contributed by atoms with Crippen molar-refractivity contribution in [3.63, 3.8) is 0 Å². The average molecular weight is 249 g/mol. The van der Waals surface area contributed by atoms with E-state index in [1.165, 1.54) is 0 Å².